The molecular formula is C13H18N2O2. The van der Waals surface area contributed by atoms with Crippen molar-refractivity contribution in [3.63, 3.8) is 0 Å². The van der Waals surface area contributed by atoms with E-state index in [2.05, 4.69) is 16.0 Å². The molecule has 2 aliphatic heterocycles. The van der Waals surface area contributed by atoms with Gasteiger partial charge in [-0.3, -0.25) is 0 Å². The molecule has 2 atom stereocenters. The van der Waals surface area contributed by atoms with Crippen molar-refractivity contribution in [1.82, 2.24) is 4.98 Å². The van der Waals surface area contributed by atoms with Gasteiger partial charge in [0.05, 0.1) is 18.8 Å². The molecule has 4 nitrogen and oxygen atoms in total. The van der Waals surface area contributed by atoms with Gasteiger partial charge in [-0.1, -0.05) is 6.07 Å². The lowest BCUT2D eigenvalue weighted by Crippen LogP contribution is -2.43. The highest BCUT2D eigenvalue weighted by Gasteiger charge is 2.34. The van der Waals surface area contributed by atoms with Crippen LogP contribution in [0.25, 0.3) is 0 Å². The Morgan fingerprint density at radius 1 is 1.41 bits per heavy atom. The van der Waals surface area contributed by atoms with E-state index in [9.17, 15) is 0 Å². The number of fused-ring (bicyclic) bond motifs is 2. The van der Waals surface area contributed by atoms with Crippen molar-refractivity contribution in [1.29, 1.82) is 0 Å². The van der Waals surface area contributed by atoms with Gasteiger partial charge in [-0.2, -0.15) is 0 Å². The van der Waals surface area contributed by atoms with Crippen molar-refractivity contribution in [2.24, 2.45) is 0 Å². The molecule has 2 unspecified atom stereocenters. The minimum absolute atomic E-state index is 0.395. The molecule has 2 saturated heterocycles. The molecule has 4 heteroatoms. The Morgan fingerprint density at radius 2 is 2.18 bits per heavy atom. The Labute approximate surface area is 102 Å². The lowest BCUT2D eigenvalue weighted by atomic mass is 10.2. The molecule has 0 aromatic carbocycles. The quantitative estimate of drug-likeness (QED) is 0.795. The van der Waals surface area contributed by atoms with Gasteiger partial charge < -0.3 is 14.4 Å². The number of hydrogen-bond acceptors (Lipinski definition) is 4. The first-order chi connectivity index (χ1) is 8.36. The van der Waals surface area contributed by atoms with Crippen molar-refractivity contribution in [3.05, 3.63) is 23.9 Å². The SMILES string of the molecule is COCc1cccnc1N1CC2CCC(C1)O2. The molecule has 0 saturated carbocycles. The van der Waals surface area contributed by atoms with Gasteiger partial charge in [0.15, 0.2) is 0 Å². The van der Waals surface area contributed by atoms with E-state index in [-0.39, 0.29) is 0 Å². The molecule has 2 fully saturated rings. The van der Waals surface area contributed by atoms with E-state index in [4.69, 9.17) is 9.47 Å². The van der Waals surface area contributed by atoms with Crippen molar-refractivity contribution < 1.29 is 9.47 Å². The summed E-state index contributed by atoms with van der Waals surface area (Å²) >= 11 is 0. The predicted molar refractivity (Wildman–Crippen MR) is 65.1 cm³/mol. The maximum Gasteiger partial charge on any atom is 0.134 e. The molecule has 92 valence electrons. The van der Waals surface area contributed by atoms with Crippen molar-refractivity contribution in [2.45, 2.75) is 31.7 Å². The summed E-state index contributed by atoms with van der Waals surface area (Å²) < 4.78 is 11.1. The van der Waals surface area contributed by atoms with Crippen LogP contribution in [0.4, 0.5) is 5.82 Å². The van der Waals surface area contributed by atoms with Gasteiger partial charge in [0, 0.05) is 32.0 Å². The number of pyridine rings is 1. The summed E-state index contributed by atoms with van der Waals surface area (Å²) in [6.45, 7) is 2.55. The third-order valence-corrected chi connectivity index (χ3v) is 3.51. The Balaban J connectivity index is 1.83. The number of aromatic nitrogens is 1. The fourth-order valence-electron chi connectivity index (χ4n) is 2.77. The van der Waals surface area contributed by atoms with Gasteiger partial charge in [-0.25, -0.2) is 4.98 Å². The summed E-state index contributed by atoms with van der Waals surface area (Å²) in [5, 5.41) is 0. The van der Waals surface area contributed by atoms with E-state index >= 15 is 0 Å². The zero-order valence-corrected chi connectivity index (χ0v) is 10.1. The second-order valence-corrected chi connectivity index (χ2v) is 4.78. The van der Waals surface area contributed by atoms with Crippen LogP contribution in [0.1, 0.15) is 18.4 Å². The van der Waals surface area contributed by atoms with Crippen LogP contribution in [0.3, 0.4) is 0 Å². The molecule has 0 radical (unpaired) electrons. The largest absolute Gasteiger partial charge is 0.380 e. The summed E-state index contributed by atoms with van der Waals surface area (Å²) in [6.07, 6.45) is 5.02. The standard InChI is InChI=1S/C13H18N2O2/c1-16-9-10-3-2-6-14-13(10)15-7-11-4-5-12(8-15)17-11/h2-3,6,11-12H,4-5,7-9H2,1H3. The summed E-state index contributed by atoms with van der Waals surface area (Å²) in [6, 6.07) is 4.05. The van der Waals surface area contributed by atoms with Gasteiger partial charge in [0.25, 0.3) is 0 Å². The zero-order valence-electron chi connectivity index (χ0n) is 10.1. The van der Waals surface area contributed by atoms with Crippen molar-refractivity contribution in [3.8, 4) is 0 Å². The molecule has 3 rings (SSSR count). The first-order valence-corrected chi connectivity index (χ1v) is 6.20. The Morgan fingerprint density at radius 3 is 2.88 bits per heavy atom. The van der Waals surface area contributed by atoms with Crippen LogP contribution >= 0.6 is 0 Å². The molecule has 3 heterocycles. The average molecular weight is 234 g/mol. The molecular weight excluding hydrogens is 216 g/mol. The molecule has 2 aliphatic rings. The Kier molecular flexibility index (Phi) is 2.99. The lowest BCUT2D eigenvalue weighted by Gasteiger charge is -2.34. The van der Waals surface area contributed by atoms with Gasteiger partial charge in [-0.15, -0.1) is 0 Å². The van der Waals surface area contributed by atoms with E-state index in [0.717, 1.165) is 24.5 Å². The second kappa shape index (κ2) is 4.63. The van der Waals surface area contributed by atoms with Crippen LogP contribution < -0.4 is 4.90 Å². The Hall–Kier alpha value is -1.13. The third-order valence-electron chi connectivity index (χ3n) is 3.51. The first kappa shape index (κ1) is 11.0. The molecule has 0 N–H and O–H groups in total. The molecule has 1 aromatic heterocycles. The summed E-state index contributed by atoms with van der Waals surface area (Å²) in [4.78, 5) is 6.86. The average Bonchev–Trinajstić information content (AvgIpc) is 2.69. The van der Waals surface area contributed by atoms with Crippen molar-refractivity contribution in [2.75, 3.05) is 25.1 Å². The fourth-order valence-corrected chi connectivity index (χ4v) is 2.77. The lowest BCUT2D eigenvalue weighted by molar-refractivity contribution is 0.0300. The number of anilines is 1. The van der Waals surface area contributed by atoms with Gasteiger partial charge in [-0.05, 0) is 18.9 Å². The topological polar surface area (TPSA) is 34.6 Å². The molecule has 17 heavy (non-hydrogen) atoms. The molecule has 2 bridgehead atoms. The van der Waals surface area contributed by atoms with Crippen LogP contribution in [0, 0.1) is 0 Å². The summed E-state index contributed by atoms with van der Waals surface area (Å²) in [7, 11) is 1.72. The van der Waals surface area contributed by atoms with Crippen LogP contribution in [0.2, 0.25) is 0 Å². The van der Waals surface area contributed by atoms with Crippen LogP contribution in [-0.4, -0.2) is 37.4 Å². The summed E-state index contributed by atoms with van der Waals surface area (Å²) in [5.74, 6) is 1.06. The smallest absolute Gasteiger partial charge is 0.134 e. The maximum atomic E-state index is 5.85. The van der Waals surface area contributed by atoms with E-state index in [1.54, 1.807) is 7.11 Å². The first-order valence-electron chi connectivity index (χ1n) is 6.20. The minimum Gasteiger partial charge on any atom is -0.380 e. The van der Waals surface area contributed by atoms with Gasteiger partial charge in [0.2, 0.25) is 0 Å². The fraction of sp³-hybridized carbons (Fsp3) is 0.615. The van der Waals surface area contributed by atoms with E-state index in [1.165, 1.54) is 12.8 Å². The molecule has 0 spiro atoms. The highest BCUT2D eigenvalue weighted by atomic mass is 16.5. The number of rotatable bonds is 3. The van der Waals surface area contributed by atoms with Gasteiger partial charge in [0.1, 0.15) is 5.82 Å². The van der Waals surface area contributed by atoms with Crippen molar-refractivity contribution >= 4 is 5.82 Å². The molecule has 0 amide bonds. The molecule has 0 aliphatic carbocycles. The van der Waals surface area contributed by atoms with E-state index in [1.807, 2.05) is 12.3 Å². The minimum atomic E-state index is 0.395. The third kappa shape index (κ3) is 2.15. The monoisotopic (exact) mass is 234 g/mol. The highest BCUT2D eigenvalue weighted by molar-refractivity contribution is 5.47. The maximum absolute atomic E-state index is 5.85. The second-order valence-electron chi connectivity index (χ2n) is 4.78. The number of ether oxygens (including phenoxy) is 2. The van der Waals surface area contributed by atoms with E-state index < -0.39 is 0 Å². The summed E-state index contributed by atoms with van der Waals surface area (Å²) in [5.41, 5.74) is 1.16. The zero-order chi connectivity index (χ0) is 11.7. The number of hydrogen-bond donors (Lipinski definition) is 0. The van der Waals surface area contributed by atoms with Crippen LogP contribution in [0.5, 0.6) is 0 Å². The van der Waals surface area contributed by atoms with Crippen LogP contribution in [-0.2, 0) is 16.1 Å². The normalized spacial score (nSPS) is 27.5. The number of methoxy groups -OCH3 is 1. The van der Waals surface area contributed by atoms with Gasteiger partial charge >= 0.3 is 0 Å². The highest BCUT2D eigenvalue weighted by Crippen LogP contribution is 2.30. The van der Waals surface area contributed by atoms with E-state index in [0.29, 0.717) is 18.8 Å². The predicted octanol–water partition coefficient (Wildman–Crippen LogP) is 1.60. The number of morpholine rings is 1. The molecule has 1 aromatic rings. The number of nitrogens with zero attached hydrogens (tertiary/aromatic N) is 2. The van der Waals surface area contributed by atoms with Crippen LogP contribution in [0.15, 0.2) is 18.3 Å². The Bertz CT molecular complexity index is 385.